The molecular weight excluding hydrogens is 609 g/mol. The lowest BCUT2D eigenvalue weighted by atomic mass is 10.1. The molecule has 0 aliphatic rings. The topological polar surface area (TPSA) is 155 Å². The lowest BCUT2D eigenvalue weighted by Gasteiger charge is -2.20. The number of allylic oxidation sites excluding steroid dienone is 4. The molecule has 0 spiro atoms. The first-order valence-corrected chi connectivity index (χ1v) is 19.4. The molecule has 46 heavy (non-hydrogen) atoms. The molecule has 0 aromatic heterocycles. The number of phosphoric acid groups is 1. The predicted octanol–water partition coefficient (Wildman–Crippen LogP) is 8.80. The van der Waals surface area contributed by atoms with Crippen molar-refractivity contribution in [1.29, 1.82) is 0 Å². The van der Waals surface area contributed by atoms with Crippen LogP contribution in [0.15, 0.2) is 24.3 Å². The highest BCUT2D eigenvalue weighted by atomic mass is 31.2. The Balaban J connectivity index is 4.36. The van der Waals surface area contributed by atoms with E-state index in [4.69, 9.17) is 24.8 Å². The highest BCUT2D eigenvalue weighted by molar-refractivity contribution is 7.47. The Kier molecular flexibility index (Phi) is 30.9. The Hall–Kier alpha value is -1.55. The van der Waals surface area contributed by atoms with E-state index in [0.717, 1.165) is 64.2 Å². The number of carboxylic acid groups (broad SMARTS) is 1. The average Bonchev–Trinajstić information content (AvgIpc) is 3.03. The summed E-state index contributed by atoms with van der Waals surface area (Å²) in [5.41, 5.74) is 5.32. The molecule has 0 bridgehead atoms. The normalized spacial score (nSPS) is 14.5. The quantitative estimate of drug-likeness (QED) is 0.0261. The molecule has 0 saturated carbocycles. The summed E-state index contributed by atoms with van der Waals surface area (Å²) in [4.78, 5) is 33.3. The van der Waals surface area contributed by atoms with Crippen LogP contribution in [0.3, 0.4) is 0 Å². The molecule has 0 radical (unpaired) electrons. The molecule has 0 saturated heterocycles. The molecular formula is C35H66NO9P. The van der Waals surface area contributed by atoms with Gasteiger partial charge >= 0.3 is 19.8 Å². The number of carbonyl (C=O) groups is 2. The van der Waals surface area contributed by atoms with Crippen molar-refractivity contribution >= 4 is 19.8 Å². The number of unbranched alkanes of at least 4 members (excludes halogenated alkanes) is 16. The van der Waals surface area contributed by atoms with E-state index >= 15 is 0 Å². The molecule has 270 valence electrons. The zero-order chi connectivity index (χ0) is 34.1. The summed E-state index contributed by atoms with van der Waals surface area (Å²) < 4.78 is 33.1. The van der Waals surface area contributed by atoms with Gasteiger partial charge in [0, 0.05) is 13.0 Å². The number of carboxylic acids is 1. The van der Waals surface area contributed by atoms with Gasteiger partial charge in [-0.3, -0.25) is 18.6 Å². The number of aliphatic carboxylic acids is 1. The number of hydrogen-bond acceptors (Lipinski definition) is 8. The molecule has 11 heteroatoms. The van der Waals surface area contributed by atoms with Crippen LogP contribution >= 0.6 is 7.82 Å². The van der Waals surface area contributed by atoms with E-state index in [1.165, 1.54) is 57.8 Å². The van der Waals surface area contributed by atoms with Crippen molar-refractivity contribution in [2.75, 3.05) is 26.4 Å². The van der Waals surface area contributed by atoms with E-state index in [2.05, 4.69) is 42.7 Å². The van der Waals surface area contributed by atoms with Gasteiger partial charge in [-0.05, 0) is 57.8 Å². The molecule has 0 amide bonds. The fourth-order valence-corrected chi connectivity index (χ4v) is 5.36. The van der Waals surface area contributed by atoms with Crippen molar-refractivity contribution in [2.45, 2.75) is 161 Å². The van der Waals surface area contributed by atoms with Crippen LogP contribution in [0.2, 0.25) is 0 Å². The van der Waals surface area contributed by atoms with E-state index in [9.17, 15) is 19.0 Å². The minimum Gasteiger partial charge on any atom is -0.480 e. The van der Waals surface area contributed by atoms with E-state index in [-0.39, 0.29) is 13.0 Å². The molecule has 0 aliphatic heterocycles. The molecule has 0 rings (SSSR count). The molecule has 4 N–H and O–H groups in total. The van der Waals surface area contributed by atoms with Crippen LogP contribution in [-0.2, 0) is 32.7 Å². The van der Waals surface area contributed by atoms with Gasteiger partial charge in [0.1, 0.15) is 12.1 Å². The maximum atomic E-state index is 12.5. The van der Waals surface area contributed by atoms with Crippen molar-refractivity contribution in [3.05, 3.63) is 24.3 Å². The van der Waals surface area contributed by atoms with Gasteiger partial charge in [0.05, 0.1) is 19.8 Å². The van der Waals surface area contributed by atoms with E-state index in [1.807, 2.05) is 0 Å². The molecule has 3 unspecified atom stereocenters. The maximum Gasteiger partial charge on any atom is 0.472 e. The smallest absolute Gasteiger partial charge is 0.472 e. The highest BCUT2D eigenvalue weighted by Gasteiger charge is 2.27. The first kappa shape index (κ1) is 44.5. The summed E-state index contributed by atoms with van der Waals surface area (Å²) in [6.07, 6.45) is 30.9. The molecule has 3 atom stereocenters. The Morgan fingerprint density at radius 1 is 0.674 bits per heavy atom. The fourth-order valence-electron chi connectivity index (χ4n) is 4.58. The number of esters is 1. The lowest BCUT2D eigenvalue weighted by Crippen LogP contribution is -2.34. The van der Waals surface area contributed by atoms with Gasteiger partial charge in [0.15, 0.2) is 0 Å². The summed E-state index contributed by atoms with van der Waals surface area (Å²) in [6.45, 7) is 3.77. The van der Waals surface area contributed by atoms with Gasteiger partial charge < -0.3 is 25.2 Å². The summed E-state index contributed by atoms with van der Waals surface area (Å²) in [5.74, 6) is -1.79. The number of nitrogens with two attached hydrogens (primary N) is 1. The van der Waals surface area contributed by atoms with E-state index in [0.29, 0.717) is 13.0 Å². The van der Waals surface area contributed by atoms with Gasteiger partial charge in [-0.25, -0.2) is 4.57 Å². The minimum absolute atomic E-state index is 0.0107. The van der Waals surface area contributed by atoms with Gasteiger partial charge in [-0.1, -0.05) is 109 Å². The van der Waals surface area contributed by atoms with Crippen molar-refractivity contribution in [3.8, 4) is 0 Å². The van der Waals surface area contributed by atoms with Crippen molar-refractivity contribution in [1.82, 2.24) is 0 Å². The van der Waals surface area contributed by atoms with E-state index in [1.54, 1.807) is 0 Å². The number of ether oxygens (including phenoxy) is 2. The van der Waals surface area contributed by atoms with Gasteiger partial charge in [-0.15, -0.1) is 0 Å². The Labute approximate surface area is 279 Å². The van der Waals surface area contributed by atoms with Crippen LogP contribution in [-0.4, -0.2) is 60.5 Å². The van der Waals surface area contributed by atoms with Crippen LogP contribution < -0.4 is 5.73 Å². The van der Waals surface area contributed by atoms with Crippen molar-refractivity contribution in [3.63, 3.8) is 0 Å². The Bertz CT molecular complexity index is 837. The van der Waals surface area contributed by atoms with Gasteiger partial charge in [0.2, 0.25) is 0 Å². The molecule has 0 heterocycles. The third-order valence-electron chi connectivity index (χ3n) is 7.45. The lowest BCUT2D eigenvalue weighted by molar-refractivity contribution is -0.154. The summed E-state index contributed by atoms with van der Waals surface area (Å²) in [5, 5.41) is 8.84. The SMILES string of the molecule is CCCC/C=C\CCCCCCCC(=O)OC(COCCCCCCCC/C=C\CCCCC)COP(=O)(O)OCC(N)C(=O)O. The first-order valence-electron chi connectivity index (χ1n) is 17.9. The average molecular weight is 676 g/mol. The second-order valence-electron chi connectivity index (χ2n) is 12.0. The number of phosphoric ester groups is 1. The van der Waals surface area contributed by atoms with Gasteiger partial charge in [-0.2, -0.15) is 0 Å². The number of carbonyl (C=O) groups excluding carboxylic acids is 1. The van der Waals surface area contributed by atoms with Gasteiger partial charge in [0.25, 0.3) is 0 Å². The molecule has 10 nitrogen and oxygen atoms in total. The fraction of sp³-hybridized carbons (Fsp3) is 0.829. The standard InChI is InChI=1S/C35H66NO9P/c1-3-5-7-9-11-13-15-16-18-20-22-24-26-28-42-29-32(30-43-46(40,41)44-31-33(36)35(38)39)45-34(37)27-25-23-21-19-17-14-12-10-8-6-4-2/h10-13,32-33H,3-9,14-31,36H2,1-2H3,(H,38,39)(H,40,41)/b12-10-,13-11-. The minimum atomic E-state index is -4.61. The Morgan fingerprint density at radius 2 is 1.15 bits per heavy atom. The van der Waals surface area contributed by atoms with Crippen LogP contribution in [0.5, 0.6) is 0 Å². The van der Waals surface area contributed by atoms with Crippen LogP contribution in [0.4, 0.5) is 0 Å². The predicted molar refractivity (Wildman–Crippen MR) is 185 cm³/mol. The zero-order valence-corrected chi connectivity index (χ0v) is 29.8. The molecule has 0 aliphatic carbocycles. The number of hydrogen-bond donors (Lipinski definition) is 3. The van der Waals surface area contributed by atoms with Crippen molar-refractivity contribution < 1.29 is 42.7 Å². The van der Waals surface area contributed by atoms with E-state index < -0.39 is 45.1 Å². The number of rotatable bonds is 34. The summed E-state index contributed by atoms with van der Waals surface area (Å²) in [6, 6.07) is -1.47. The second-order valence-corrected chi connectivity index (χ2v) is 13.4. The molecule has 0 aromatic rings. The largest absolute Gasteiger partial charge is 0.480 e. The first-order chi connectivity index (χ1) is 22.2. The van der Waals surface area contributed by atoms with Crippen LogP contribution in [0, 0.1) is 0 Å². The third-order valence-corrected chi connectivity index (χ3v) is 8.40. The maximum absolute atomic E-state index is 12.5. The van der Waals surface area contributed by atoms with Crippen molar-refractivity contribution in [2.24, 2.45) is 5.73 Å². The third kappa shape index (κ3) is 31.1. The van der Waals surface area contributed by atoms with Crippen LogP contribution in [0.1, 0.15) is 149 Å². The highest BCUT2D eigenvalue weighted by Crippen LogP contribution is 2.43. The molecule has 0 fully saturated rings. The summed E-state index contributed by atoms with van der Waals surface area (Å²) in [7, 11) is -4.61. The zero-order valence-electron chi connectivity index (χ0n) is 28.9. The molecule has 0 aromatic carbocycles. The van der Waals surface area contributed by atoms with Crippen LogP contribution in [0.25, 0.3) is 0 Å². The monoisotopic (exact) mass is 675 g/mol. The summed E-state index contributed by atoms with van der Waals surface area (Å²) >= 11 is 0. The second kappa shape index (κ2) is 32.0. The Morgan fingerprint density at radius 3 is 1.72 bits per heavy atom.